The van der Waals surface area contributed by atoms with Gasteiger partial charge in [-0.25, -0.2) is 4.98 Å². The fraction of sp³-hybridized carbons (Fsp3) is 0.667. The SMILES string of the molecule is CC1CN(C)CCCN1c1nccnc1CN. The van der Waals surface area contributed by atoms with Crippen LogP contribution in [-0.4, -0.2) is 47.6 Å². The number of rotatable bonds is 2. The van der Waals surface area contributed by atoms with E-state index in [0.29, 0.717) is 12.6 Å². The van der Waals surface area contributed by atoms with Crippen molar-refractivity contribution in [1.82, 2.24) is 14.9 Å². The van der Waals surface area contributed by atoms with E-state index in [2.05, 4.69) is 33.7 Å². The van der Waals surface area contributed by atoms with Crippen LogP contribution in [0.5, 0.6) is 0 Å². The van der Waals surface area contributed by atoms with Crippen molar-refractivity contribution in [3.63, 3.8) is 0 Å². The first-order valence-corrected chi connectivity index (χ1v) is 6.17. The van der Waals surface area contributed by atoms with Crippen molar-refractivity contribution in [1.29, 1.82) is 0 Å². The molecule has 5 nitrogen and oxygen atoms in total. The molecule has 1 unspecified atom stereocenters. The smallest absolute Gasteiger partial charge is 0.151 e. The second-order valence-corrected chi connectivity index (χ2v) is 4.69. The molecule has 1 aromatic heterocycles. The fourth-order valence-electron chi connectivity index (χ4n) is 2.43. The summed E-state index contributed by atoms with van der Waals surface area (Å²) in [6.07, 6.45) is 4.61. The number of anilines is 1. The van der Waals surface area contributed by atoms with E-state index in [1.165, 1.54) is 0 Å². The second-order valence-electron chi connectivity index (χ2n) is 4.69. The van der Waals surface area contributed by atoms with E-state index in [1.807, 2.05) is 0 Å². The molecular weight excluding hydrogens is 214 g/mol. The highest BCUT2D eigenvalue weighted by Crippen LogP contribution is 2.20. The highest BCUT2D eigenvalue weighted by Gasteiger charge is 2.22. The average molecular weight is 235 g/mol. The Bertz CT molecular complexity index is 368. The van der Waals surface area contributed by atoms with E-state index in [4.69, 9.17) is 5.73 Å². The number of likely N-dealkylation sites (N-methyl/N-ethyl adjacent to an activating group) is 1. The van der Waals surface area contributed by atoms with Crippen LogP contribution in [0, 0.1) is 0 Å². The van der Waals surface area contributed by atoms with Crippen LogP contribution in [0.2, 0.25) is 0 Å². The molecule has 0 aliphatic carbocycles. The zero-order valence-electron chi connectivity index (χ0n) is 10.6. The van der Waals surface area contributed by atoms with E-state index in [1.54, 1.807) is 12.4 Å². The van der Waals surface area contributed by atoms with Crippen molar-refractivity contribution in [2.75, 3.05) is 31.6 Å². The van der Waals surface area contributed by atoms with Gasteiger partial charge in [0.2, 0.25) is 0 Å². The number of nitrogens with zero attached hydrogens (tertiary/aromatic N) is 4. The zero-order chi connectivity index (χ0) is 12.3. The van der Waals surface area contributed by atoms with Gasteiger partial charge in [-0.1, -0.05) is 0 Å². The predicted octanol–water partition coefficient (Wildman–Crippen LogP) is 0.466. The molecule has 5 heteroatoms. The lowest BCUT2D eigenvalue weighted by Crippen LogP contribution is -2.39. The van der Waals surface area contributed by atoms with E-state index in [9.17, 15) is 0 Å². The summed E-state index contributed by atoms with van der Waals surface area (Å²) in [6.45, 7) is 5.90. The van der Waals surface area contributed by atoms with Gasteiger partial charge in [-0.15, -0.1) is 0 Å². The number of hydrogen-bond acceptors (Lipinski definition) is 5. The number of aromatic nitrogens is 2. The van der Waals surface area contributed by atoms with Crippen LogP contribution in [0.15, 0.2) is 12.4 Å². The van der Waals surface area contributed by atoms with E-state index in [0.717, 1.165) is 37.6 Å². The van der Waals surface area contributed by atoms with Gasteiger partial charge in [-0.05, 0) is 26.9 Å². The maximum Gasteiger partial charge on any atom is 0.151 e. The van der Waals surface area contributed by atoms with Gasteiger partial charge < -0.3 is 15.5 Å². The molecule has 2 N–H and O–H groups in total. The summed E-state index contributed by atoms with van der Waals surface area (Å²) in [5.74, 6) is 0.956. The molecule has 0 aromatic carbocycles. The topological polar surface area (TPSA) is 58.3 Å². The molecule has 1 saturated heterocycles. The molecule has 94 valence electrons. The minimum atomic E-state index is 0.447. The lowest BCUT2D eigenvalue weighted by molar-refractivity contribution is 0.337. The monoisotopic (exact) mass is 235 g/mol. The van der Waals surface area contributed by atoms with Crippen LogP contribution < -0.4 is 10.6 Å². The third-order valence-corrected chi connectivity index (χ3v) is 3.26. The lowest BCUT2D eigenvalue weighted by Gasteiger charge is -2.30. The molecule has 1 aliphatic rings. The van der Waals surface area contributed by atoms with E-state index in [-0.39, 0.29) is 0 Å². The molecule has 0 amide bonds. The van der Waals surface area contributed by atoms with Gasteiger partial charge in [-0.3, -0.25) is 4.98 Å². The second kappa shape index (κ2) is 5.42. The maximum atomic E-state index is 5.73. The Hall–Kier alpha value is -1.20. The minimum absolute atomic E-state index is 0.447. The first-order valence-electron chi connectivity index (χ1n) is 6.17. The Kier molecular flexibility index (Phi) is 3.91. The normalized spacial score (nSPS) is 22.5. The predicted molar refractivity (Wildman–Crippen MR) is 68.8 cm³/mol. The molecule has 1 atom stereocenters. The minimum Gasteiger partial charge on any atom is -0.351 e. The highest BCUT2D eigenvalue weighted by molar-refractivity contribution is 5.44. The summed E-state index contributed by atoms with van der Waals surface area (Å²) in [4.78, 5) is 13.5. The Morgan fingerprint density at radius 3 is 2.88 bits per heavy atom. The van der Waals surface area contributed by atoms with Gasteiger partial charge >= 0.3 is 0 Å². The first kappa shape index (κ1) is 12.3. The first-order chi connectivity index (χ1) is 8.22. The molecule has 0 bridgehead atoms. The average Bonchev–Trinajstić information content (AvgIpc) is 2.50. The molecule has 1 aliphatic heterocycles. The van der Waals surface area contributed by atoms with Crippen LogP contribution >= 0.6 is 0 Å². The zero-order valence-corrected chi connectivity index (χ0v) is 10.6. The largest absolute Gasteiger partial charge is 0.351 e. The standard InChI is InChI=1S/C12H21N5/c1-10-9-16(2)6-3-7-17(10)12-11(8-13)14-4-5-15-12/h4-5,10H,3,6-9,13H2,1-2H3. The maximum absolute atomic E-state index is 5.73. The molecule has 0 spiro atoms. The van der Waals surface area contributed by atoms with Crippen LogP contribution in [0.4, 0.5) is 5.82 Å². The third-order valence-electron chi connectivity index (χ3n) is 3.26. The van der Waals surface area contributed by atoms with Gasteiger partial charge in [0.1, 0.15) is 0 Å². The summed E-state index contributed by atoms with van der Waals surface area (Å²) in [5.41, 5.74) is 6.62. The molecule has 0 saturated carbocycles. The van der Waals surface area contributed by atoms with Crippen molar-refractivity contribution >= 4 is 5.82 Å². The summed E-state index contributed by atoms with van der Waals surface area (Å²) >= 11 is 0. The van der Waals surface area contributed by atoms with Crippen molar-refractivity contribution in [3.8, 4) is 0 Å². The van der Waals surface area contributed by atoms with Gasteiger partial charge in [0.05, 0.1) is 5.69 Å². The van der Waals surface area contributed by atoms with Crippen molar-refractivity contribution < 1.29 is 0 Å². The molecular formula is C12H21N5. The van der Waals surface area contributed by atoms with Crippen LogP contribution in [0.25, 0.3) is 0 Å². The molecule has 1 fully saturated rings. The Labute approximate surface area is 103 Å². The van der Waals surface area contributed by atoms with Gasteiger partial charge in [0.15, 0.2) is 5.82 Å². The highest BCUT2D eigenvalue weighted by atomic mass is 15.3. The summed E-state index contributed by atoms with van der Waals surface area (Å²) < 4.78 is 0. The van der Waals surface area contributed by atoms with Gasteiger partial charge in [0, 0.05) is 38.1 Å². The number of nitrogens with two attached hydrogens (primary N) is 1. The number of hydrogen-bond donors (Lipinski definition) is 1. The van der Waals surface area contributed by atoms with Crippen LogP contribution in [0.3, 0.4) is 0 Å². The van der Waals surface area contributed by atoms with E-state index < -0.39 is 0 Å². The van der Waals surface area contributed by atoms with Crippen molar-refractivity contribution in [2.45, 2.75) is 25.9 Å². The molecule has 2 rings (SSSR count). The summed E-state index contributed by atoms with van der Waals surface area (Å²) in [6, 6.07) is 0.449. The van der Waals surface area contributed by atoms with Gasteiger partial charge in [-0.2, -0.15) is 0 Å². The van der Waals surface area contributed by atoms with Crippen LogP contribution in [0.1, 0.15) is 19.0 Å². The summed E-state index contributed by atoms with van der Waals surface area (Å²) in [7, 11) is 2.17. The molecule has 0 radical (unpaired) electrons. The van der Waals surface area contributed by atoms with Gasteiger partial charge in [0.25, 0.3) is 0 Å². The lowest BCUT2D eigenvalue weighted by atomic mass is 10.2. The Balaban J connectivity index is 2.25. The Morgan fingerprint density at radius 2 is 2.12 bits per heavy atom. The molecule has 1 aromatic rings. The van der Waals surface area contributed by atoms with Crippen molar-refractivity contribution in [3.05, 3.63) is 18.1 Å². The quantitative estimate of drug-likeness (QED) is 0.807. The van der Waals surface area contributed by atoms with Crippen LogP contribution in [-0.2, 0) is 6.54 Å². The Morgan fingerprint density at radius 1 is 1.35 bits per heavy atom. The third kappa shape index (κ3) is 2.73. The fourth-order valence-corrected chi connectivity index (χ4v) is 2.43. The van der Waals surface area contributed by atoms with Crippen molar-refractivity contribution in [2.24, 2.45) is 5.73 Å². The molecule has 17 heavy (non-hydrogen) atoms. The summed E-state index contributed by atoms with van der Waals surface area (Å²) in [5, 5.41) is 0. The molecule has 2 heterocycles. The van der Waals surface area contributed by atoms with E-state index >= 15 is 0 Å².